The fraction of sp³-hybridized carbons (Fsp3) is 0.143. The molecule has 1 heterocycles. The number of nitrogens with zero attached hydrogens (tertiary/aromatic N) is 2. The lowest BCUT2D eigenvalue weighted by Gasteiger charge is -2.10. The minimum atomic E-state index is -4.93. The molecule has 0 bridgehead atoms. The summed E-state index contributed by atoms with van der Waals surface area (Å²) in [6.45, 7) is 0. The smallest absolute Gasteiger partial charge is 0.396 e. The third kappa shape index (κ3) is 2.40. The summed E-state index contributed by atoms with van der Waals surface area (Å²) in [7, 11) is 0. The van der Waals surface area contributed by atoms with Gasteiger partial charge in [0, 0.05) is 0 Å². The second-order valence-corrected chi connectivity index (χ2v) is 2.47. The van der Waals surface area contributed by atoms with Crippen molar-refractivity contribution in [2.45, 2.75) is 6.36 Å². The number of pyridine rings is 1. The molecular weight excluding hydrogens is 213 g/mol. The summed E-state index contributed by atoms with van der Waals surface area (Å²) in [5.41, 5.74) is 9.63. The SMILES string of the molecule is N#Cc1c(OC(F)(F)F)ncc(N)c1N. The molecule has 0 atom stereocenters. The Morgan fingerprint density at radius 1 is 1.40 bits per heavy atom. The van der Waals surface area contributed by atoms with Gasteiger partial charge in [0.05, 0.1) is 17.6 Å². The van der Waals surface area contributed by atoms with E-state index in [-0.39, 0.29) is 11.4 Å². The van der Waals surface area contributed by atoms with E-state index >= 15 is 0 Å². The Bertz CT molecular complexity index is 423. The van der Waals surface area contributed by atoms with Crippen molar-refractivity contribution < 1.29 is 17.9 Å². The van der Waals surface area contributed by atoms with Crippen LogP contribution in [0.4, 0.5) is 24.5 Å². The summed E-state index contributed by atoms with van der Waals surface area (Å²) in [5, 5.41) is 8.55. The Morgan fingerprint density at radius 3 is 2.47 bits per heavy atom. The molecule has 0 saturated heterocycles. The molecule has 0 unspecified atom stereocenters. The summed E-state index contributed by atoms with van der Waals surface area (Å²) >= 11 is 0. The number of rotatable bonds is 1. The molecule has 8 heteroatoms. The molecule has 0 saturated carbocycles. The molecule has 0 spiro atoms. The number of nitrogens with two attached hydrogens (primary N) is 2. The average Bonchev–Trinajstić information content (AvgIpc) is 2.10. The normalized spacial score (nSPS) is 10.8. The number of aromatic nitrogens is 1. The Balaban J connectivity index is 3.21. The number of hydrogen-bond acceptors (Lipinski definition) is 5. The van der Waals surface area contributed by atoms with Crippen LogP contribution in [-0.4, -0.2) is 11.3 Å². The van der Waals surface area contributed by atoms with Gasteiger partial charge in [-0.15, -0.1) is 13.2 Å². The molecule has 0 aliphatic carbocycles. The highest BCUT2D eigenvalue weighted by Gasteiger charge is 2.33. The number of anilines is 2. The molecule has 80 valence electrons. The van der Waals surface area contributed by atoms with Gasteiger partial charge in [-0.2, -0.15) is 5.26 Å². The minimum absolute atomic E-state index is 0.0823. The van der Waals surface area contributed by atoms with Crippen molar-refractivity contribution in [3.05, 3.63) is 11.8 Å². The molecule has 1 aromatic heterocycles. The van der Waals surface area contributed by atoms with E-state index in [1.54, 1.807) is 0 Å². The summed E-state index contributed by atoms with van der Waals surface area (Å²) in [5.74, 6) is -0.906. The maximum absolute atomic E-state index is 11.8. The molecule has 1 rings (SSSR count). The van der Waals surface area contributed by atoms with E-state index in [2.05, 4.69) is 9.72 Å². The van der Waals surface area contributed by atoms with Crippen LogP contribution in [-0.2, 0) is 0 Å². The second-order valence-electron chi connectivity index (χ2n) is 2.47. The fourth-order valence-corrected chi connectivity index (χ4v) is 0.817. The van der Waals surface area contributed by atoms with Gasteiger partial charge in [0.1, 0.15) is 11.6 Å². The van der Waals surface area contributed by atoms with Gasteiger partial charge >= 0.3 is 6.36 Å². The lowest BCUT2D eigenvalue weighted by Crippen LogP contribution is -2.19. The van der Waals surface area contributed by atoms with Crippen LogP contribution in [0.25, 0.3) is 0 Å². The maximum atomic E-state index is 11.8. The second kappa shape index (κ2) is 3.53. The summed E-state index contributed by atoms with van der Waals surface area (Å²) in [6.07, 6.45) is -4.04. The zero-order chi connectivity index (χ0) is 11.6. The van der Waals surface area contributed by atoms with E-state index in [1.807, 2.05) is 0 Å². The molecule has 0 amide bonds. The molecule has 0 aliphatic heterocycles. The molecule has 0 aromatic carbocycles. The number of nitriles is 1. The fourth-order valence-electron chi connectivity index (χ4n) is 0.817. The third-order valence-corrected chi connectivity index (χ3v) is 1.44. The molecule has 1 aromatic rings. The Kier molecular flexibility index (Phi) is 2.57. The van der Waals surface area contributed by atoms with Gasteiger partial charge in [-0.25, -0.2) is 4.98 Å². The topological polar surface area (TPSA) is 97.9 Å². The zero-order valence-corrected chi connectivity index (χ0v) is 7.17. The van der Waals surface area contributed by atoms with Crippen molar-refractivity contribution in [1.29, 1.82) is 5.26 Å². The number of halogens is 3. The van der Waals surface area contributed by atoms with E-state index in [0.29, 0.717) is 0 Å². The predicted molar refractivity (Wildman–Crippen MR) is 44.5 cm³/mol. The largest absolute Gasteiger partial charge is 0.574 e. The van der Waals surface area contributed by atoms with E-state index in [9.17, 15) is 13.2 Å². The van der Waals surface area contributed by atoms with Crippen LogP contribution in [0.5, 0.6) is 5.88 Å². The predicted octanol–water partition coefficient (Wildman–Crippen LogP) is 1.02. The van der Waals surface area contributed by atoms with Gasteiger partial charge in [0.25, 0.3) is 0 Å². The number of alkyl halides is 3. The van der Waals surface area contributed by atoms with Crippen molar-refractivity contribution in [3.8, 4) is 11.9 Å². The van der Waals surface area contributed by atoms with E-state index in [4.69, 9.17) is 16.7 Å². The summed E-state index contributed by atoms with van der Waals surface area (Å²) < 4.78 is 39.0. The third-order valence-electron chi connectivity index (χ3n) is 1.44. The summed E-state index contributed by atoms with van der Waals surface area (Å²) in [6, 6.07) is 1.43. The first kappa shape index (κ1) is 10.9. The first-order valence-electron chi connectivity index (χ1n) is 3.55. The van der Waals surface area contributed by atoms with Crippen LogP contribution >= 0.6 is 0 Å². The molecule has 15 heavy (non-hydrogen) atoms. The molecule has 4 N–H and O–H groups in total. The van der Waals surface area contributed by atoms with Gasteiger partial charge in [-0.05, 0) is 0 Å². The Labute approximate surface area is 82.1 Å². The number of nitrogen functional groups attached to an aromatic ring is 2. The van der Waals surface area contributed by atoms with Crippen molar-refractivity contribution in [1.82, 2.24) is 4.98 Å². The van der Waals surface area contributed by atoms with Crippen molar-refractivity contribution in [3.63, 3.8) is 0 Å². The highest BCUT2D eigenvalue weighted by Crippen LogP contribution is 2.29. The Morgan fingerprint density at radius 2 is 2.00 bits per heavy atom. The van der Waals surface area contributed by atoms with Crippen molar-refractivity contribution >= 4 is 11.4 Å². The Hall–Kier alpha value is -2.17. The van der Waals surface area contributed by atoms with Crippen molar-refractivity contribution in [2.24, 2.45) is 0 Å². The molecule has 0 radical (unpaired) electrons. The van der Waals surface area contributed by atoms with Gasteiger partial charge in [0.2, 0.25) is 5.88 Å². The van der Waals surface area contributed by atoms with Crippen LogP contribution in [0.2, 0.25) is 0 Å². The zero-order valence-electron chi connectivity index (χ0n) is 7.17. The minimum Gasteiger partial charge on any atom is -0.396 e. The monoisotopic (exact) mass is 218 g/mol. The van der Waals surface area contributed by atoms with E-state index in [1.165, 1.54) is 6.07 Å². The maximum Gasteiger partial charge on any atom is 0.574 e. The first-order chi connectivity index (χ1) is 6.85. The first-order valence-corrected chi connectivity index (χ1v) is 3.55. The molecule has 0 fully saturated rings. The average molecular weight is 218 g/mol. The highest BCUT2D eigenvalue weighted by atomic mass is 19.4. The van der Waals surface area contributed by atoms with Crippen LogP contribution < -0.4 is 16.2 Å². The standard InChI is InChI=1S/C7H5F3N4O/c8-7(9,10)15-6-3(1-11)5(13)4(12)2-14-6/h2H,12H2,(H2,13,14). The van der Waals surface area contributed by atoms with Gasteiger partial charge in [-0.3, -0.25) is 0 Å². The van der Waals surface area contributed by atoms with Crippen LogP contribution in [0.15, 0.2) is 6.20 Å². The number of ether oxygens (including phenoxy) is 1. The van der Waals surface area contributed by atoms with Gasteiger partial charge in [0.15, 0.2) is 0 Å². The highest BCUT2D eigenvalue weighted by molar-refractivity contribution is 5.72. The van der Waals surface area contributed by atoms with Gasteiger partial charge < -0.3 is 16.2 Å². The van der Waals surface area contributed by atoms with Crippen LogP contribution in [0.3, 0.4) is 0 Å². The lowest BCUT2D eigenvalue weighted by atomic mass is 10.2. The van der Waals surface area contributed by atoms with Crippen molar-refractivity contribution in [2.75, 3.05) is 11.5 Å². The summed E-state index contributed by atoms with van der Waals surface area (Å²) in [4.78, 5) is 3.23. The quantitative estimate of drug-likeness (QED) is 0.733. The number of hydrogen-bond donors (Lipinski definition) is 2. The van der Waals surface area contributed by atoms with Gasteiger partial charge in [-0.1, -0.05) is 0 Å². The molecule has 0 aliphatic rings. The van der Waals surface area contributed by atoms with Crippen LogP contribution in [0, 0.1) is 11.3 Å². The lowest BCUT2D eigenvalue weighted by molar-refractivity contribution is -0.276. The van der Waals surface area contributed by atoms with E-state index in [0.717, 1.165) is 6.20 Å². The molecular formula is C7H5F3N4O. The van der Waals surface area contributed by atoms with Crippen LogP contribution in [0.1, 0.15) is 5.56 Å². The van der Waals surface area contributed by atoms with E-state index < -0.39 is 17.8 Å². The molecule has 5 nitrogen and oxygen atoms in total.